The number of alkyl halides is 3. The first-order chi connectivity index (χ1) is 19.3. The molecule has 222 valence electrons. The minimum atomic E-state index is -4.90. The summed E-state index contributed by atoms with van der Waals surface area (Å²) in [6.07, 6.45) is -1.94. The van der Waals surface area contributed by atoms with Gasteiger partial charge in [0.05, 0.1) is 48.0 Å². The van der Waals surface area contributed by atoms with Gasteiger partial charge in [0.1, 0.15) is 5.75 Å². The summed E-state index contributed by atoms with van der Waals surface area (Å²) in [4.78, 5) is 40.1. The Kier molecular flexibility index (Phi) is 7.63. The van der Waals surface area contributed by atoms with Crippen LogP contribution >= 0.6 is 11.6 Å². The van der Waals surface area contributed by atoms with Crippen LogP contribution in [0.15, 0.2) is 24.4 Å². The summed E-state index contributed by atoms with van der Waals surface area (Å²) in [7, 11) is 1.38. The second kappa shape index (κ2) is 10.6. The molecule has 5 rings (SSSR count). The third-order valence-electron chi connectivity index (χ3n) is 9.52. The number of nitrogens with zero attached hydrogens (tertiary/aromatic N) is 3. The van der Waals surface area contributed by atoms with Crippen LogP contribution in [0.25, 0.3) is 0 Å². The number of aliphatic carboxylic acids is 1. The molecule has 3 aliphatic carbocycles. The highest BCUT2D eigenvalue weighted by Gasteiger charge is 2.63. The van der Waals surface area contributed by atoms with Crippen LogP contribution in [0, 0.1) is 23.2 Å². The van der Waals surface area contributed by atoms with Gasteiger partial charge in [0.15, 0.2) is 11.5 Å². The Morgan fingerprint density at radius 3 is 2.34 bits per heavy atom. The number of rotatable bonds is 8. The van der Waals surface area contributed by atoms with Gasteiger partial charge in [-0.15, -0.1) is 0 Å². The summed E-state index contributed by atoms with van der Waals surface area (Å²) in [5.74, 6) is -2.17. The van der Waals surface area contributed by atoms with Crippen LogP contribution in [0.1, 0.15) is 84.8 Å². The second-order valence-corrected chi connectivity index (χ2v) is 12.4. The van der Waals surface area contributed by atoms with E-state index in [1.807, 2.05) is 0 Å². The van der Waals surface area contributed by atoms with E-state index < -0.39 is 59.6 Å². The lowest BCUT2D eigenvalue weighted by atomic mass is 9.86. The maximum absolute atomic E-state index is 14.5. The number of methoxy groups -OCH3 is 1. The number of ether oxygens (including phenoxy) is 1. The van der Waals surface area contributed by atoms with Gasteiger partial charge in [0.25, 0.3) is 5.91 Å². The van der Waals surface area contributed by atoms with Crippen molar-refractivity contribution >= 4 is 29.3 Å². The van der Waals surface area contributed by atoms with Gasteiger partial charge in [0, 0.05) is 6.04 Å². The molecule has 1 N–H and O–H groups in total. The Morgan fingerprint density at radius 2 is 1.78 bits per heavy atom. The van der Waals surface area contributed by atoms with Gasteiger partial charge in [-0.3, -0.25) is 19.1 Å². The van der Waals surface area contributed by atoms with Gasteiger partial charge in [-0.2, -0.15) is 18.3 Å². The van der Waals surface area contributed by atoms with Gasteiger partial charge >= 0.3 is 12.1 Å². The Labute approximate surface area is 240 Å². The van der Waals surface area contributed by atoms with Gasteiger partial charge in [-0.1, -0.05) is 31.5 Å². The number of halogens is 4. The van der Waals surface area contributed by atoms with E-state index in [0.717, 1.165) is 10.9 Å². The fraction of sp³-hybridized carbons (Fsp3) is 0.586. The van der Waals surface area contributed by atoms with Crippen molar-refractivity contribution in [3.63, 3.8) is 0 Å². The lowest BCUT2D eigenvalue weighted by molar-refractivity contribution is -0.147. The molecule has 8 nitrogen and oxygen atoms in total. The topological polar surface area (TPSA) is 102 Å². The van der Waals surface area contributed by atoms with Crippen LogP contribution in [-0.4, -0.2) is 57.1 Å². The van der Waals surface area contributed by atoms with Crippen molar-refractivity contribution in [1.82, 2.24) is 14.7 Å². The number of carboxylic acids is 1. The standard InChI is InChI=1S/C29H33ClF3N3O5/c1-28(2)19-11-17(12-20(19)28)35(14-22(37)24-21(30)5-4-6-23(24)41-3)26(38)18-13-34-36(25(18)29(31,32)33)16-9-7-15(8-10-16)27(39)40/h4-6,13,15-17,19-20H,7-12,14H2,1-3H3,(H,39,40)/t15-,16-,17-,19+,20-. The first-order valence-corrected chi connectivity index (χ1v) is 14.2. The average molecular weight is 596 g/mol. The summed E-state index contributed by atoms with van der Waals surface area (Å²) < 4.78 is 49.7. The van der Waals surface area contributed by atoms with Crippen molar-refractivity contribution in [2.75, 3.05) is 13.7 Å². The van der Waals surface area contributed by atoms with Gasteiger partial charge < -0.3 is 14.7 Å². The Balaban J connectivity index is 1.48. The van der Waals surface area contributed by atoms with Crippen LogP contribution in [-0.2, 0) is 11.0 Å². The molecule has 1 amide bonds. The van der Waals surface area contributed by atoms with Crippen LogP contribution in [0.5, 0.6) is 5.75 Å². The van der Waals surface area contributed by atoms with E-state index in [2.05, 4.69) is 18.9 Å². The zero-order valence-corrected chi connectivity index (χ0v) is 23.8. The lowest BCUT2D eigenvalue weighted by Crippen LogP contribution is -2.44. The number of ketones is 1. The number of carboxylic acid groups (broad SMARTS) is 1. The number of fused-ring (bicyclic) bond motifs is 1. The van der Waals surface area contributed by atoms with Crippen molar-refractivity contribution in [3.8, 4) is 5.75 Å². The number of hydrogen-bond acceptors (Lipinski definition) is 5. The predicted octanol–water partition coefficient (Wildman–Crippen LogP) is 6.14. The van der Waals surface area contributed by atoms with E-state index in [0.29, 0.717) is 24.7 Å². The molecular weight excluding hydrogens is 563 g/mol. The highest BCUT2D eigenvalue weighted by molar-refractivity contribution is 6.34. The molecule has 0 radical (unpaired) electrons. The third-order valence-corrected chi connectivity index (χ3v) is 9.83. The molecule has 0 aliphatic heterocycles. The molecule has 0 saturated heterocycles. The second-order valence-electron chi connectivity index (χ2n) is 12.0. The molecule has 3 atom stereocenters. The molecule has 41 heavy (non-hydrogen) atoms. The van der Waals surface area contributed by atoms with Crippen LogP contribution in [0.3, 0.4) is 0 Å². The normalized spacial score (nSPS) is 26.8. The predicted molar refractivity (Wildman–Crippen MR) is 143 cm³/mol. The number of Topliss-reactive ketones (excluding diaryl/α,β-unsaturated/α-hetero) is 1. The van der Waals surface area contributed by atoms with E-state index >= 15 is 0 Å². The first-order valence-electron chi connectivity index (χ1n) is 13.8. The maximum atomic E-state index is 14.5. The quantitative estimate of drug-likeness (QED) is 0.368. The maximum Gasteiger partial charge on any atom is 0.433 e. The van der Waals surface area contributed by atoms with Crippen LogP contribution in [0.2, 0.25) is 5.02 Å². The zero-order chi connectivity index (χ0) is 29.9. The first kappa shape index (κ1) is 29.4. The molecule has 1 heterocycles. The largest absolute Gasteiger partial charge is 0.496 e. The number of amides is 1. The van der Waals surface area contributed by atoms with Crippen molar-refractivity contribution in [2.45, 2.75) is 70.6 Å². The number of hydrogen-bond donors (Lipinski definition) is 1. The van der Waals surface area contributed by atoms with Crippen molar-refractivity contribution < 1.29 is 37.4 Å². The molecule has 1 aromatic heterocycles. The number of aromatic nitrogens is 2. The van der Waals surface area contributed by atoms with E-state index in [4.69, 9.17) is 16.3 Å². The molecule has 0 bridgehead atoms. The summed E-state index contributed by atoms with van der Waals surface area (Å²) in [6.45, 7) is 3.81. The number of carbonyl (C=O) groups is 3. The fourth-order valence-electron chi connectivity index (χ4n) is 7.08. The van der Waals surface area contributed by atoms with Gasteiger partial charge in [-0.25, -0.2) is 0 Å². The molecule has 2 aromatic rings. The molecular formula is C29H33ClF3N3O5. The summed E-state index contributed by atoms with van der Waals surface area (Å²) in [5.41, 5.74) is -1.62. The molecule has 0 spiro atoms. The molecule has 0 unspecified atom stereocenters. The monoisotopic (exact) mass is 595 g/mol. The lowest BCUT2D eigenvalue weighted by Gasteiger charge is -2.32. The third kappa shape index (κ3) is 5.33. The number of benzene rings is 1. The van der Waals surface area contributed by atoms with Gasteiger partial charge in [-0.05, 0) is 67.9 Å². The summed E-state index contributed by atoms with van der Waals surface area (Å²) in [5, 5.41) is 13.4. The smallest absolute Gasteiger partial charge is 0.433 e. The highest BCUT2D eigenvalue weighted by Crippen LogP contribution is 2.67. The molecule has 3 saturated carbocycles. The van der Waals surface area contributed by atoms with Crippen LogP contribution in [0.4, 0.5) is 13.2 Å². The molecule has 3 aliphatic rings. The van der Waals surface area contributed by atoms with E-state index in [1.54, 1.807) is 12.1 Å². The molecule has 3 fully saturated rings. The van der Waals surface area contributed by atoms with Gasteiger partial charge in [0.2, 0.25) is 0 Å². The van der Waals surface area contributed by atoms with Crippen molar-refractivity contribution in [3.05, 3.63) is 46.2 Å². The summed E-state index contributed by atoms with van der Waals surface area (Å²) in [6, 6.07) is 3.58. The van der Waals surface area contributed by atoms with E-state index in [-0.39, 0.29) is 47.4 Å². The average Bonchev–Trinajstić information content (AvgIpc) is 3.34. The molecule has 1 aromatic carbocycles. The Hall–Kier alpha value is -3.08. The minimum Gasteiger partial charge on any atom is -0.496 e. The van der Waals surface area contributed by atoms with Crippen molar-refractivity contribution in [2.24, 2.45) is 23.2 Å². The van der Waals surface area contributed by atoms with E-state index in [9.17, 15) is 32.7 Å². The Morgan fingerprint density at radius 1 is 1.15 bits per heavy atom. The van der Waals surface area contributed by atoms with Crippen LogP contribution < -0.4 is 4.74 Å². The fourth-order valence-corrected chi connectivity index (χ4v) is 7.35. The highest BCUT2D eigenvalue weighted by atomic mass is 35.5. The summed E-state index contributed by atoms with van der Waals surface area (Å²) >= 11 is 6.31. The Bertz CT molecular complexity index is 1350. The molecule has 12 heteroatoms. The van der Waals surface area contributed by atoms with E-state index in [1.165, 1.54) is 18.1 Å². The van der Waals surface area contributed by atoms with Crippen molar-refractivity contribution in [1.29, 1.82) is 0 Å². The SMILES string of the molecule is COc1cccc(Cl)c1C(=O)CN(C(=O)c1cnn([C@H]2CC[C@H](C(=O)O)CC2)c1C(F)(F)F)[C@H]1C[C@@H]2[C@H](C1)C2(C)C. The zero-order valence-electron chi connectivity index (χ0n) is 23.1. The minimum absolute atomic E-state index is 0.0693. The number of carbonyl (C=O) groups excluding carboxylic acids is 2.